The van der Waals surface area contributed by atoms with Gasteiger partial charge in [-0.05, 0) is 38.7 Å². The van der Waals surface area contributed by atoms with Gasteiger partial charge in [0.25, 0.3) is 0 Å². The van der Waals surface area contributed by atoms with Crippen LogP contribution in [0.4, 0.5) is 0 Å². The lowest BCUT2D eigenvalue weighted by molar-refractivity contribution is -0.213. The van der Waals surface area contributed by atoms with Gasteiger partial charge in [0.15, 0.2) is 12.2 Å². The molecular formula is C26H36Cl2O10. The number of epoxide rings is 1. The number of carbonyl (C=O) groups excluding carboxylic acids is 3. The van der Waals surface area contributed by atoms with Crippen LogP contribution in [0.5, 0.6) is 0 Å². The highest BCUT2D eigenvalue weighted by molar-refractivity contribution is 6.19. The number of hydrogen-bond donors (Lipinski definition) is 2. The highest BCUT2D eigenvalue weighted by atomic mass is 35.5. The molecule has 0 aromatic carbocycles. The van der Waals surface area contributed by atoms with Crippen LogP contribution in [0.1, 0.15) is 53.9 Å². The molecule has 0 amide bonds. The van der Waals surface area contributed by atoms with Crippen molar-refractivity contribution < 1.29 is 48.3 Å². The van der Waals surface area contributed by atoms with Crippen molar-refractivity contribution in [2.45, 2.75) is 95.8 Å². The van der Waals surface area contributed by atoms with Crippen LogP contribution in [0.2, 0.25) is 0 Å². The number of esters is 3. The lowest BCUT2D eigenvalue weighted by Gasteiger charge is -2.47. The maximum Gasteiger partial charge on any atom is 0.305 e. The molecule has 2 aliphatic heterocycles. The van der Waals surface area contributed by atoms with Crippen LogP contribution in [0, 0.1) is 11.8 Å². The van der Waals surface area contributed by atoms with Gasteiger partial charge in [-0.2, -0.15) is 0 Å². The van der Waals surface area contributed by atoms with Crippen molar-refractivity contribution in [1.82, 2.24) is 0 Å². The molecule has 12 heteroatoms. The minimum absolute atomic E-state index is 0.00944. The van der Waals surface area contributed by atoms with Gasteiger partial charge >= 0.3 is 17.9 Å². The van der Waals surface area contributed by atoms with Crippen LogP contribution in [-0.2, 0) is 38.1 Å². The van der Waals surface area contributed by atoms with Gasteiger partial charge in [-0.1, -0.05) is 5.57 Å². The van der Waals surface area contributed by atoms with E-state index >= 15 is 0 Å². The molecule has 214 valence electrons. The molecule has 9 atom stereocenters. The van der Waals surface area contributed by atoms with E-state index < -0.39 is 71.7 Å². The van der Waals surface area contributed by atoms with Gasteiger partial charge in [0.05, 0.1) is 35.6 Å². The van der Waals surface area contributed by atoms with Crippen molar-refractivity contribution in [1.29, 1.82) is 0 Å². The minimum atomic E-state index is -1.68. The van der Waals surface area contributed by atoms with Crippen LogP contribution >= 0.6 is 23.2 Å². The number of hydrogen-bond acceptors (Lipinski definition) is 10. The van der Waals surface area contributed by atoms with Crippen LogP contribution in [0.3, 0.4) is 0 Å². The zero-order chi connectivity index (χ0) is 28.4. The molecule has 0 aromatic rings. The summed E-state index contributed by atoms with van der Waals surface area (Å²) in [4.78, 5) is 36.2. The molecule has 0 bridgehead atoms. The van der Waals surface area contributed by atoms with Crippen LogP contribution < -0.4 is 0 Å². The normalized spacial score (nSPS) is 35.7. The van der Waals surface area contributed by atoms with E-state index in [2.05, 4.69) is 0 Å². The maximum atomic E-state index is 12.2. The third-order valence-corrected chi connectivity index (χ3v) is 8.06. The van der Waals surface area contributed by atoms with Crippen LogP contribution in [-0.4, -0.2) is 81.8 Å². The Morgan fingerprint density at radius 2 is 1.68 bits per heavy atom. The predicted molar refractivity (Wildman–Crippen MR) is 136 cm³/mol. The van der Waals surface area contributed by atoms with Crippen molar-refractivity contribution in [3.05, 3.63) is 23.5 Å². The van der Waals surface area contributed by atoms with Crippen molar-refractivity contribution in [3.8, 4) is 0 Å². The SMILES string of the molecule is CC(=O)O[C@H]1OC=C([C@@H](OC(C)=O)[C@H](C=C(C)C)OC(C)=O)[C@H]2CC[C@@](O)(CCl)[C@H]3O[C@@H]3C[C@@](O)(CCl)[C@H]12. The van der Waals surface area contributed by atoms with E-state index in [1.807, 2.05) is 0 Å². The van der Waals surface area contributed by atoms with Crippen LogP contribution in [0.25, 0.3) is 0 Å². The average molecular weight is 579 g/mol. The summed E-state index contributed by atoms with van der Waals surface area (Å²) in [6.45, 7) is 7.27. The molecule has 3 aliphatic rings. The molecule has 10 nitrogen and oxygen atoms in total. The summed E-state index contributed by atoms with van der Waals surface area (Å²) in [6, 6.07) is 0. The summed E-state index contributed by atoms with van der Waals surface area (Å²) in [5.41, 5.74) is -1.92. The van der Waals surface area contributed by atoms with Gasteiger partial charge in [0.2, 0.25) is 6.29 Å². The largest absolute Gasteiger partial charge is 0.462 e. The van der Waals surface area contributed by atoms with E-state index in [9.17, 15) is 24.6 Å². The van der Waals surface area contributed by atoms with Crippen LogP contribution in [0.15, 0.2) is 23.5 Å². The summed E-state index contributed by atoms with van der Waals surface area (Å²) in [5.74, 6) is -3.92. The summed E-state index contributed by atoms with van der Waals surface area (Å²) in [5, 5.41) is 23.2. The summed E-state index contributed by atoms with van der Waals surface area (Å²) in [6.07, 6.45) is -1.24. The number of aliphatic hydroxyl groups is 2. The molecular weight excluding hydrogens is 543 g/mol. The first-order valence-electron chi connectivity index (χ1n) is 12.5. The second-order valence-corrected chi connectivity index (χ2v) is 11.1. The molecule has 0 radical (unpaired) electrons. The Kier molecular flexibility index (Phi) is 9.79. The van der Waals surface area contributed by atoms with E-state index in [0.717, 1.165) is 5.57 Å². The number of fused-ring (bicyclic) bond motifs is 2. The van der Waals surface area contributed by atoms with Gasteiger partial charge < -0.3 is 33.9 Å². The van der Waals surface area contributed by atoms with Gasteiger partial charge in [0, 0.05) is 32.8 Å². The Morgan fingerprint density at radius 1 is 1.05 bits per heavy atom. The van der Waals surface area contributed by atoms with Gasteiger partial charge in [-0.25, -0.2) is 0 Å². The number of rotatable bonds is 8. The number of halogens is 2. The fourth-order valence-electron chi connectivity index (χ4n) is 5.53. The first-order valence-corrected chi connectivity index (χ1v) is 13.6. The zero-order valence-electron chi connectivity index (χ0n) is 22.1. The molecule has 2 N–H and O–H groups in total. The molecule has 0 spiro atoms. The third-order valence-electron chi connectivity index (χ3n) is 7.13. The van der Waals surface area contributed by atoms with E-state index in [0.29, 0.717) is 5.57 Å². The molecule has 1 saturated heterocycles. The third kappa shape index (κ3) is 6.83. The molecule has 0 unspecified atom stereocenters. The number of allylic oxidation sites excluding steroid dienone is 1. The number of ether oxygens (including phenoxy) is 5. The molecule has 2 heterocycles. The van der Waals surface area contributed by atoms with Crippen molar-refractivity contribution in [2.75, 3.05) is 11.8 Å². The maximum absolute atomic E-state index is 12.2. The minimum Gasteiger partial charge on any atom is -0.462 e. The highest BCUT2D eigenvalue weighted by Crippen LogP contribution is 2.51. The molecule has 1 aliphatic carbocycles. The smallest absolute Gasteiger partial charge is 0.305 e. The number of carbonyl (C=O) groups is 3. The zero-order valence-corrected chi connectivity index (χ0v) is 23.7. The Hall–Kier alpha value is -1.85. The fraction of sp³-hybridized carbons (Fsp3) is 0.731. The predicted octanol–water partition coefficient (Wildman–Crippen LogP) is 2.74. The first kappa shape index (κ1) is 30.7. The highest BCUT2D eigenvalue weighted by Gasteiger charge is 2.62. The molecule has 3 rings (SSSR count). The van der Waals surface area contributed by atoms with Gasteiger partial charge in [-0.3, -0.25) is 14.4 Å². The lowest BCUT2D eigenvalue weighted by Crippen LogP contribution is -2.55. The first-order chi connectivity index (χ1) is 17.7. The summed E-state index contributed by atoms with van der Waals surface area (Å²) in [7, 11) is 0. The Labute approximate surface area is 232 Å². The van der Waals surface area contributed by atoms with Crippen molar-refractivity contribution >= 4 is 41.1 Å². The average Bonchev–Trinajstić information content (AvgIpc) is 3.58. The second kappa shape index (κ2) is 12.1. The van der Waals surface area contributed by atoms with Gasteiger partial charge in [0.1, 0.15) is 11.7 Å². The molecule has 38 heavy (non-hydrogen) atoms. The molecule has 0 aromatic heterocycles. The standard InChI is InChI=1S/C26H36Cl2O10/c1-13(2)8-19(35-14(3)29)22(36-15(4)30)18-10-34-24(37-16(5)31)21-17(18)6-7-25(32,11-27)23-20(38-23)9-26(21,33)12-28/h8,10,17,19-24,32-33H,6-7,9,11-12H2,1-5H3/t17-,19+,20-,21+,22-,23+,24-,25-,26-/m1/s1. The van der Waals surface area contributed by atoms with E-state index in [1.165, 1.54) is 27.0 Å². The van der Waals surface area contributed by atoms with Crippen molar-refractivity contribution in [2.24, 2.45) is 11.8 Å². The summed E-state index contributed by atoms with van der Waals surface area (Å²) >= 11 is 12.5. The quantitative estimate of drug-likeness (QED) is 0.145. The Morgan fingerprint density at radius 3 is 2.21 bits per heavy atom. The molecule has 2 fully saturated rings. The van der Waals surface area contributed by atoms with E-state index in [4.69, 9.17) is 46.9 Å². The Bertz CT molecular complexity index is 979. The second-order valence-electron chi connectivity index (χ2n) is 10.5. The van der Waals surface area contributed by atoms with Gasteiger partial charge in [-0.15, -0.1) is 23.2 Å². The van der Waals surface area contributed by atoms with E-state index in [-0.39, 0.29) is 31.0 Å². The molecule has 1 saturated carbocycles. The topological polar surface area (TPSA) is 141 Å². The fourth-order valence-corrected chi connectivity index (χ4v) is 6.10. The number of alkyl halides is 2. The lowest BCUT2D eigenvalue weighted by atomic mass is 9.69. The monoisotopic (exact) mass is 578 g/mol. The van der Waals surface area contributed by atoms with E-state index in [1.54, 1.807) is 19.9 Å². The summed E-state index contributed by atoms with van der Waals surface area (Å²) < 4.78 is 28.2. The van der Waals surface area contributed by atoms with Crippen molar-refractivity contribution in [3.63, 3.8) is 0 Å². The Balaban J connectivity index is 2.18.